The average Bonchev–Trinajstić information content (AvgIpc) is 3.66. The molecule has 0 bridgehead atoms. The summed E-state index contributed by atoms with van der Waals surface area (Å²) in [6.07, 6.45) is 3.66. The van der Waals surface area contributed by atoms with Crippen LogP contribution in [0.25, 0.3) is 81.3 Å². The quantitative estimate of drug-likeness (QED) is 0.229. The van der Waals surface area contributed by atoms with Crippen LogP contribution >= 0.6 is 11.3 Å². The van der Waals surface area contributed by atoms with E-state index in [-0.39, 0.29) is 0 Å². The van der Waals surface area contributed by atoms with Gasteiger partial charge in [0.25, 0.3) is 0 Å². The Morgan fingerprint density at radius 3 is 2.23 bits per heavy atom. The molecule has 0 fully saturated rings. The highest BCUT2D eigenvalue weighted by atomic mass is 32.1. The second-order valence-electron chi connectivity index (χ2n) is 9.68. The summed E-state index contributed by atoms with van der Waals surface area (Å²) in [4.78, 5) is 14.4. The third-order valence-corrected chi connectivity index (χ3v) is 8.62. The van der Waals surface area contributed by atoms with Crippen molar-refractivity contribution in [2.45, 2.75) is 0 Å². The zero-order valence-electron chi connectivity index (χ0n) is 20.5. The van der Waals surface area contributed by atoms with Crippen LogP contribution in [-0.4, -0.2) is 19.5 Å². The molecule has 39 heavy (non-hydrogen) atoms. The molecule has 0 radical (unpaired) electrons. The van der Waals surface area contributed by atoms with Crippen molar-refractivity contribution in [2.75, 3.05) is 0 Å². The van der Waals surface area contributed by atoms with Gasteiger partial charge in [-0.25, -0.2) is 4.98 Å². The van der Waals surface area contributed by atoms with Crippen LogP contribution in [0.1, 0.15) is 0 Å². The lowest BCUT2D eigenvalue weighted by Crippen LogP contribution is -1.93. The molecule has 3 aromatic carbocycles. The molecular weight excluding hydrogens is 500 g/mol. The fourth-order valence-electron chi connectivity index (χ4n) is 5.80. The molecule has 0 spiro atoms. The third-order valence-electron chi connectivity index (χ3n) is 7.52. The minimum absolute atomic E-state index is 0.742. The Labute approximate surface area is 225 Å². The Balaban J connectivity index is 1.28. The van der Waals surface area contributed by atoms with Crippen LogP contribution < -0.4 is 0 Å². The number of aromatic nitrogens is 4. The Morgan fingerprint density at radius 1 is 0.615 bits per heavy atom. The number of rotatable bonds is 2. The van der Waals surface area contributed by atoms with Gasteiger partial charge in [-0.2, -0.15) is 0 Å². The molecule has 0 unspecified atom stereocenters. The predicted octanol–water partition coefficient (Wildman–Crippen LogP) is 8.90. The molecule has 0 aliphatic carbocycles. The van der Waals surface area contributed by atoms with Crippen LogP contribution in [0.2, 0.25) is 0 Å². The molecule has 6 aromatic heterocycles. The second kappa shape index (κ2) is 7.72. The van der Waals surface area contributed by atoms with Crippen molar-refractivity contribution in [3.05, 3.63) is 109 Å². The average molecular weight is 519 g/mol. The Bertz CT molecular complexity index is 2360. The number of thiophene rings is 1. The van der Waals surface area contributed by atoms with Crippen LogP contribution in [0, 0.1) is 0 Å². The van der Waals surface area contributed by atoms with Gasteiger partial charge in [-0.05, 0) is 60.7 Å². The van der Waals surface area contributed by atoms with Crippen molar-refractivity contribution < 1.29 is 4.42 Å². The van der Waals surface area contributed by atoms with E-state index in [1.54, 1.807) is 11.3 Å². The first-order valence-electron chi connectivity index (χ1n) is 12.8. The molecule has 0 aliphatic rings. The second-order valence-corrected chi connectivity index (χ2v) is 10.8. The van der Waals surface area contributed by atoms with E-state index in [9.17, 15) is 0 Å². The molecule has 9 aromatic rings. The monoisotopic (exact) mass is 518 g/mol. The molecule has 0 saturated carbocycles. The molecule has 0 amide bonds. The lowest BCUT2D eigenvalue weighted by atomic mass is 10.1. The van der Waals surface area contributed by atoms with E-state index in [1.807, 2.05) is 30.6 Å². The third kappa shape index (κ3) is 2.92. The molecule has 5 nitrogen and oxygen atoms in total. The maximum absolute atomic E-state index is 6.44. The maximum Gasteiger partial charge on any atom is 0.163 e. The zero-order chi connectivity index (χ0) is 25.5. The smallest absolute Gasteiger partial charge is 0.163 e. The number of furan rings is 1. The maximum atomic E-state index is 6.44. The number of hydrogen-bond acceptors (Lipinski definition) is 5. The largest absolute Gasteiger partial charge is 0.454 e. The Hall–Kier alpha value is -5.07. The van der Waals surface area contributed by atoms with E-state index < -0.39 is 0 Å². The number of hydrogen-bond donors (Lipinski definition) is 0. The van der Waals surface area contributed by atoms with E-state index in [0.29, 0.717) is 0 Å². The minimum Gasteiger partial charge on any atom is -0.454 e. The predicted molar refractivity (Wildman–Crippen MR) is 160 cm³/mol. The fraction of sp³-hybridized carbons (Fsp3) is 0. The number of nitrogens with zero attached hydrogens (tertiary/aromatic N) is 4. The lowest BCUT2D eigenvalue weighted by molar-refractivity contribution is 0.669. The topological polar surface area (TPSA) is 56.7 Å². The fourth-order valence-corrected chi connectivity index (χ4v) is 6.81. The van der Waals surface area contributed by atoms with Crippen LogP contribution in [0.15, 0.2) is 114 Å². The van der Waals surface area contributed by atoms with Gasteiger partial charge >= 0.3 is 0 Å². The first-order chi connectivity index (χ1) is 19.3. The van der Waals surface area contributed by atoms with Crippen LogP contribution in [0.4, 0.5) is 0 Å². The number of pyridine rings is 3. The normalized spacial score (nSPS) is 12.1. The highest BCUT2D eigenvalue weighted by Crippen LogP contribution is 2.38. The van der Waals surface area contributed by atoms with Gasteiger partial charge in [-0.15, -0.1) is 11.3 Å². The summed E-state index contributed by atoms with van der Waals surface area (Å²) < 4.78 is 11.0. The van der Waals surface area contributed by atoms with Gasteiger partial charge in [-0.3, -0.25) is 9.97 Å². The summed E-state index contributed by atoms with van der Waals surface area (Å²) in [5.41, 5.74) is 9.43. The Kier molecular flexibility index (Phi) is 4.14. The summed E-state index contributed by atoms with van der Waals surface area (Å²) >= 11 is 1.71. The standard InChI is InChI=1S/C33H18N4OS/c1-3-8-25-20(6-1)21-7-2-4-9-26(21)37(25)19-11-13-27-23(18-19)30-33(38-27)22(15-17-35-30)24-12-14-29-32(36-24)31-28(39-29)10-5-16-34-31/h1-18H. The highest BCUT2D eigenvalue weighted by molar-refractivity contribution is 7.25. The first-order valence-corrected chi connectivity index (χ1v) is 13.6. The van der Waals surface area contributed by atoms with Gasteiger partial charge in [0.2, 0.25) is 0 Å². The lowest BCUT2D eigenvalue weighted by Gasteiger charge is -2.07. The van der Waals surface area contributed by atoms with Gasteiger partial charge < -0.3 is 8.98 Å². The van der Waals surface area contributed by atoms with Gasteiger partial charge in [0, 0.05) is 39.8 Å². The molecule has 0 saturated heterocycles. The summed E-state index contributed by atoms with van der Waals surface area (Å²) in [5.74, 6) is 0. The molecule has 9 rings (SSSR count). The SMILES string of the molecule is c1cnc2c(c1)sc1ccc(-c3ccnc4c3oc3ccc(-n5c6ccccc6c6ccccc65)cc34)nc12. The molecular formula is C33H18N4OS. The van der Waals surface area contributed by atoms with E-state index >= 15 is 0 Å². The van der Waals surface area contributed by atoms with Crippen LogP contribution in [-0.2, 0) is 0 Å². The van der Waals surface area contributed by atoms with Crippen LogP contribution in [0.5, 0.6) is 0 Å². The summed E-state index contributed by atoms with van der Waals surface area (Å²) in [6, 6.07) is 33.7. The molecule has 6 heterocycles. The number of fused-ring (bicyclic) bond motifs is 9. The van der Waals surface area contributed by atoms with Gasteiger partial charge in [0.1, 0.15) is 22.1 Å². The van der Waals surface area contributed by atoms with E-state index in [0.717, 1.165) is 59.4 Å². The van der Waals surface area contributed by atoms with Gasteiger partial charge in [-0.1, -0.05) is 36.4 Å². The van der Waals surface area contributed by atoms with Crippen molar-refractivity contribution >= 4 is 75.6 Å². The van der Waals surface area contributed by atoms with Gasteiger partial charge in [0.05, 0.1) is 26.1 Å². The van der Waals surface area contributed by atoms with Gasteiger partial charge in [0.15, 0.2) is 5.58 Å². The summed E-state index contributed by atoms with van der Waals surface area (Å²) in [7, 11) is 0. The van der Waals surface area contributed by atoms with Crippen molar-refractivity contribution in [3.8, 4) is 16.9 Å². The molecule has 6 heteroatoms. The van der Waals surface area contributed by atoms with E-state index in [4.69, 9.17) is 14.4 Å². The van der Waals surface area contributed by atoms with Crippen molar-refractivity contribution in [2.24, 2.45) is 0 Å². The Morgan fingerprint density at radius 2 is 1.38 bits per heavy atom. The first kappa shape index (κ1) is 20.9. The molecule has 0 aliphatic heterocycles. The molecule has 0 atom stereocenters. The van der Waals surface area contributed by atoms with Crippen molar-refractivity contribution in [1.82, 2.24) is 19.5 Å². The summed E-state index contributed by atoms with van der Waals surface area (Å²) in [5, 5.41) is 3.46. The molecule has 0 N–H and O–H groups in total. The number of benzene rings is 3. The van der Waals surface area contributed by atoms with E-state index in [1.165, 1.54) is 21.8 Å². The highest BCUT2D eigenvalue weighted by Gasteiger charge is 2.18. The zero-order valence-corrected chi connectivity index (χ0v) is 21.3. The van der Waals surface area contributed by atoms with Crippen LogP contribution in [0.3, 0.4) is 0 Å². The minimum atomic E-state index is 0.742. The summed E-state index contributed by atoms with van der Waals surface area (Å²) in [6.45, 7) is 0. The number of para-hydroxylation sites is 2. The van der Waals surface area contributed by atoms with Crippen molar-refractivity contribution in [3.63, 3.8) is 0 Å². The van der Waals surface area contributed by atoms with E-state index in [2.05, 4.69) is 88.4 Å². The van der Waals surface area contributed by atoms with Crippen molar-refractivity contribution in [1.29, 1.82) is 0 Å². The molecule has 182 valence electrons.